The van der Waals surface area contributed by atoms with Crippen molar-refractivity contribution in [3.8, 4) is 0 Å². The first-order valence-electron chi connectivity index (χ1n) is 5.53. The molecule has 2 rings (SSSR count). The summed E-state index contributed by atoms with van der Waals surface area (Å²) in [4.78, 5) is 16.5. The van der Waals surface area contributed by atoms with E-state index in [0.717, 1.165) is 27.6 Å². The van der Waals surface area contributed by atoms with Crippen molar-refractivity contribution >= 4 is 28.6 Å². The van der Waals surface area contributed by atoms with Crippen LogP contribution in [0.5, 0.6) is 0 Å². The number of halogens is 3. The van der Waals surface area contributed by atoms with Crippen LogP contribution in [0.4, 0.5) is 13.2 Å². The van der Waals surface area contributed by atoms with E-state index in [2.05, 4.69) is 9.72 Å². The highest BCUT2D eigenvalue weighted by Gasteiger charge is 2.46. The second-order valence-corrected chi connectivity index (χ2v) is 6.24. The minimum absolute atomic E-state index is 0.144. The normalized spacial score (nSPS) is 13.2. The van der Waals surface area contributed by atoms with E-state index < -0.39 is 18.2 Å². The Morgan fingerprint density at radius 3 is 2.50 bits per heavy atom. The van der Waals surface area contributed by atoms with Crippen LogP contribution in [0.2, 0.25) is 0 Å². The molecule has 2 heterocycles. The number of hydrogen-bond donors (Lipinski definition) is 0. The molecule has 3 nitrogen and oxygen atoms in total. The Morgan fingerprint density at radius 1 is 1.35 bits per heavy atom. The average molecular weight is 321 g/mol. The fourth-order valence-corrected chi connectivity index (χ4v) is 3.06. The molecule has 0 saturated heterocycles. The number of nitrogens with zero attached hydrogens (tertiary/aromatic N) is 1. The monoisotopic (exact) mass is 321 g/mol. The molecule has 8 heteroatoms. The van der Waals surface area contributed by atoms with Crippen LogP contribution < -0.4 is 0 Å². The van der Waals surface area contributed by atoms with Crippen molar-refractivity contribution in [1.29, 1.82) is 0 Å². The van der Waals surface area contributed by atoms with Gasteiger partial charge in [-0.3, -0.25) is 0 Å². The maximum atomic E-state index is 13.0. The quantitative estimate of drug-likeness (QED) is 0.792. The minimum atomic E-state index is -4.69. The summed E-state index contributed by atoms with van der Waals surface area (Å²) in [6.07, 6.45) is -7.01. The minimum Gasteiger partial charge on any atom is -0.441 e. The summed E-state index contributed by atoms with van der Waals surface area (Å²) in [6.45, 7) is 3.34. The smallest absolute Gasteiger partial charge is 0.432 e. The van der Waals surface area contributed by atoms with E-state index in [1.165, 1.54) is 11.4 Å². The van der Waals surface area contributed by atoms with Gasteiger partial charge in [-0.05, 0) is 26.0 Å². The van der Waals surface area contributed by atoms with Crippen LogP contribution in [-0.2, 0) is 4.74 Å². The molecule has 0 aliphatic heterocycles. The molecule has 0 spiro atoms. The van der Waals surface area contributed by atoms with Gasteiger partial charge in [0, 0.05) is 16.0 Å². The number of aryl methyl sites for hydroxylation is 2. The number of esters is 1. The van der Waals surface area contributed by atoms with Gasteiger partial charge in [0.2, 0.25) is 6.10 Å². The highest BCUT2D eigenvalue weighted by Crippen LogP contribution is 2.38. The molecule has 0 N–H and O–H groups in total. The van der Waals surface area contributed by atoms with Gasteiger partial charge in [-0.15, -0.1) is 22.7 Å². The van der Waals surface area contributed by atoms with Gasteiger partial charge in [-0.1, -0.05) is 0 Å². The summed E-state index contributed by atoms with van der Waals surface area (Å²) in [7, 11) is 0. The van der Waals surface area contributed by atoms with Gasteiger partial charge < -0.3 is 4.74 Å². The zero-order chi connectivity index (χ0) is 14.9. The standard InChI is InChI=1S/C12H10F3NO2S2/c1-6-5-19-10(16-6)9(12(13,14)15)18-11(17)8-4-3-7(2)20-8/h3-5,9H,1-2H3. The SMILES string of the molecule is Cc1csc(C(OC(=O)c2ccc(C)s2)C(F)(F)F)n1. The van der Waals surface area contributed by atoms with Crippen molar-refractivity contribution in [3.05, 3.63) is 38.0 Å². The molecule has 0 amide bonds. The number of carbonyl (C=O) groups excluding carboxylic acids is 1. The van der Waals surface area contributed by atoms with Gasteiger partial charge in [0.15, 0.2) is 0 Å². The number of rotatable bonds is 3. The Kier molecular flexibility index (Phi) is 4.14. The van der Waals surface area contributed by atoms with Crippen LogP contribution in [0.3, 0.4) is 0 Å². The summed E-state index contributed by atoms with van der Waals surface area (Å²) >= 11 is 1.91. The van der Waals surface area contributed by atoms with Crippen molar-refractivity contribution in [2.45, 2.75) is 26.1 Å². The Morgan fingerprint density at radius 2 is 2.05 bits per heavy atom. The first-order valence-corrected chi connectivity index (χ1v) is 7.23. The summed E-state index contributed by atoms with van der Waals surface area (Å²) in [5, 5.41) is 1.22. The van der Waals surface area contributed by atoms with E-state index in [1.807, 2.05) is 0 Å². The van der Waals surface area contributed by atoms with E-state index >= 15 is 0 Å². The van der Waals surface area contributed by atoms with Crippen molar-refractivity contribution in [2.75, 3.05) is 0 Å². The topological polar surface area (TPSA) is 39.2 Å². The molecule has 20 heavy (non-hydrogen) atoms. The first kappa shape index (κ1) is 15.0. The molecule has 0 aliphatic rings. The molecule has 0 saturated carbocycles. The zero-order valence-corrected chi connectivity index (χ0v) is 12.2. The summed E-state index contributed by atoms with van der Waals surface area (Å²) < 4.78 is 43.6. The molecule has 0 aliphatic carbocycles. The van der Waals surface area contributed by atoms with Crippen LogP contribution in [-0.4, -0.2) is 17.1 Å². The molecule has 0 fully saturated rings. The largest absolute Gasteiger partial charge is 0.441 e. The van der Waals surface area contributed by atoms with Gasteiger partial charge in [0.1, 0.15) is 9.88 Å². The lowest BCUT2D eigenvalue weighted by atomic mass is 10.3. The summed E-state index contributed by atoms with van der Waals surface area (Å²) in [5.41, 5.74) is 0.460. The maximum Gasteiger partial charge on any atom is 0.432 e. The number of thiophene rings is 1. The van der Waals surface area contributed by atoms with E-state index in [9.17, 15) is 18.0 Å². The molecular formula is C12H10F3NO2S2. The number of hydrogen-bond acceptors (Lipinski definition) is 5. The Labute approximate surface area is 121 Å². The van der Waals surface area contributed by atoms with E-state index in [-0.39, 0.29) is 9.88 Å². The van der Waals surface area contributed by atoms with Crippen molar-refractivity contribution in [2.24, 2.45) is 0 Å². The lowest BCUT2D eigenvalue weighted by molar-refractivity contribution is -0.207. The van der Waals surface area contributed by atoms with Gasteiger partial charge >= 0.3 is 12.1 Å². The molecule has 0 aromatic carbocycles. The molecule has 0 radical (unpaired) electrons. The molecule has 2 aromatic rings. The molecule has 1 unspecified atom stereocenters. The predicted molar refractivity (Wildman–Crippen MR) is 70.1 cm³/mol. The Balaban J connectivity index is 2.23. The average Bonchev–Trinajstić information content (AvgIpc) is 2.93. The first-order chi connectivity index (χ1) is 9.27. The fourth-order valence-electron chi connectivity index (χ4n) is 1.46. The van der Waals surface area contributed by atoms with Crippen molar-refractivity contribution in [1.82, 2.24) is 4.98 Å². The number of thiazole rings is 1. The maximum absolute atomic E-state index is 13.0. The van der Waals surface area contributed by atoms with E-state index in [0.29, 0.717) is 5.69 Å². The molecule has 2 aromatic heterocycles. The molecule has 1 atom stereocenters. The van der Waals surface area contributed by atoms with Crippen LogP contribution in [0.1, 0.15) is 31.4 Å². The summed E-state index contributed by atoms with van der Waals surface area (Å²) in [6, 6.07) is 3.10. The molecule has 0 bridgehead atoms. The van der Waals surface area contributed by atoms with Gasteiger partial charge in [-0.2, -0.15) is 13.2 Å². The third-order valence-corrected chi connectivity index (χ3v) is 4.31. The van der Waals surface area contributed by atoms with Gasteiger partial charge in [0.05, 0.1) is 0 Å². The number of alkyl halides is 3. The second kappa shape index (κ2) is 5.53. The Hall–Kier alpha value is -1.41. The summed E-state index contributed by atoms with van der Waals surface area (Å²) in [5.74, 6) is -0.988. The molecular weight excluding hydrogens is 311 g/mol. The van der Waals surface area contributed by atoms with Crippen LogP contribution in [0, 0.1) is 13.8 Å². The third kappa shape index (κ3) is 3.37. The van der Waals surface area contributed by atoms with Crippen LogP contribution in [0.25, 0.3) is 0 Å². The van der Waals surface area contributed by atoms with E-state index in [4.69, 9.17) is 0 Å². The Bertz CT molecular complexity index is 618. The fraction of sp³-hybridized carbons (Fsp3) is 0.333. The van der Waals surface area contributed by atoms with Crippen molar-refractivity contribution in [3.63, 3.8) is 0 Å². The van der Waals surface area contributed by atoms with Gasteiger partial charge in [-0.25, -0.2) is 9.78 Å². The van der Waals surface area contributed by atoms with Gasteiger partial charge in [0.25, 0.3) is 0 Å². The number of aromatic nitrogens is 1. The number of carbonyl (C=O) groups is 1. The predicted octanol–water partition coefficient (Wildman–Crippen LogP) is 4.28. The lowest BCUT2D eigenvalue weighted by Gasteiger charge is -2.18. The van der Waals surface area contributed by atoms with Crippen LogP contribution >= 0.6 is 22.7 Å². The lowest BCUT2D eigenvalue weighted by Crippen LogP contribution is -2.26. The molecule has 108 valence electrons. The third-order valence-electron chi connectivity index (χ3n) is 2.32. The highest BCUT2D eigenvalue weighted by molar-refractivity contribution is 7.13. The highest BCUT2D eigenvalue weighted by atomic mass is 32.1. The zero-order valence-electron chi connectivity index (χ0n) is 10.5. The van der Waals surface area contributed by atoms with Crippen molar-refractivity contribution < 1.29 is 22.7 Å². The second-order valence-electron chi connectivity index (χ2n) is 4.06. The number of ether oxygens (including phenoxy) is 1. The van der Waals surface area contributed by atoms with E-state index in [1.54, 1.807) is 19.9 Å². The van der Waals surface area contributed by atoms with Crippen LogP contribution in [0.15, 0.2) is 17.5 Å².